The lowest BCUT2D eigenvalue weighted by Crippen LogP contribution is -2.40. The van der Waals surface area contributed by atoms with Crippen molar-refractivity contribution in [1.29, 1.82) is 0 Å². The van der Waals surface area contributed by atoms with Crippen molar-refractivity contribution in [2.45, 2.75) is 37.7 Å². The van der Waals surface area contributed by atoms with Gasteiger partial charge >= 0.3 is 0 Å². The van der Waals surface area contributed by atoms with Gasteiger partial charge in [0, 0.05) is 24.7 Å². The number of H-pyrrole nitrogens is 1. The molecule has 4 aromatic rings. The fraction of sp³-hybridized carbons (Fsp3) is 0.320. The molecule has 2 aromatic carbocycles. The molecule has 0 atom stereocenters. The second-order valence-electron chi connectivity index (χ2n) is 8.66. The molecule has 36 heavy (non-hydrogen) atoms. The number of aryl methyl sites for hydroxylation is 1. The second kappa shape index (κ2) is 9.49. The number of ether oxygens (including phenoxy) is 1. The molecule has 0 saturated carbocycles. The molecule has 0 aliphatic carbocycles. The van der Waals surface area contributed by atoms with Crippen molar-refractivity contribution in [2.75, 3.05) is 19.7 Å². The van der Waals surface area contributed by atoms with Gasteiger partial charge in [0.25, 0.3) is 5.56 Å². The summed E-state index contributed by atoms with van der Waals surface area (Å²) in [4.78, 5) is 20.7. The first-order valence-corrected chi connectivity index (χ1v) is 13.2. The predicted octanol–water partition coefficient (Wildman–Crippen LogP) is 2.60. The van der Waals surface area contributed by atoms with E-state index in [1.807, 2.05) is 30.3 Å². The molecule has 1 aliphatic heterocycles. The number of nitrogens with one attached hydrogen (secondary N) is 1. The summed E-state index contributed by atoms with van der Waals surface area (Å²) >= 11 is 0. The maximum absolute atomic E-state index is 13.2. The van der Waals surface area contributed by atoms with Gasteiger partial charge in [0.2, 0.25) is 10.0 Å². The molecule has 2 aromatic heterocycles. The molecule has 188 valence electrons. The highest BCUT2D eigenvalue weighted by Gasteiger charge is 2.30. The summed E-state index contributed by atoms with van der Waals surface area (Å²) in [6.45, 7) is 4.36. The minimum atomic E-state index is -3.77. The Balaban J connectivity index is 1.59. The number of aliphatic hydroxyl groups excluding tert-OH is 1. The predicted molar refractivity (Wildman–Crippen MR) is 134 cm³/mol. The third-order valence-electron chi connectivity index (χ3n) is 6.28. The van der Waals surface area contributed by atoms with Crippen molar-refractivity contribution >= 4 is 15.5 Å². The van der Waals surface area contributed by atoms with Gasteiger partial charge in [-0.3, -0.25) is 4.79 Å². The van der Waals surface area contributed by atoms with Crippen LogP contribution in [0.1, 0.15) is 25.6 Å². The summed E-state index contributed by atoms with van der Waals surface area (Å²) in [6.07, 6.45) is 0.316. The molecular weight excluding hydrogens is 482 g/mol. The smallest absolute Gasteiger partial charge is 0.277 e. The molecule has 0 amide bonds. The summed E-state index contributed by atoms with van der Waals surface area (Å²) < 4.78 is 35.1. The van der Waals surface area contributed by atoms with E-state index >= 15 is 0 Å². The van der Waals surface area contributed by atoms with Crippen LogP contribution in [0.25, 0.3) is 28.2 Å². The highest BCUT2D eigenvalue weighted by molar-refractivity contribution is 7.89. The van der Waals surface area contributed by atoms with Crippen LogP contribution in [0.5, 0.6) is 5.75 Å². The van der Waals surface area contributed by atoms with Crippen molar-refractivity contribution in [1.82, 2.24) is 23.9 Å². The van der Waals surface area contributed by atoms with Crippen LogP contribution in [0.15, 0.2) is 58.2 Å². The third-order valence-corrected chi connectivity index (χ3v) is 8.17. The Bertz CT molecular complexity index is 1570. The van der Waals surface area contributed by atoms with E-state index in [0.29, 0.717) is 47.8 Å². The lowest BCUT2D eigenvalue weighted by atomic mass is 10.1. The average molecular weight is 510 g/mol. The molecule has 10 nitrogen and oxygen atoms in total. The number of aromatic amines is 1. The van der Waals surface area contributed by atoms with Gasteiger partial charge in [0.1, 0.15) is 17.3 Å². The van der Waals surface area contributed by atoms with E-state index in [2.05, 4.69) is 15.1 Å². The van der Waals surface area contributed by atoms with Crippen molar-refractivity contribution in [2.24, 2.45) is 0 Å². The fourth-order valence-electron chi connectivity index (χ4n) is 4.43. The monoisotopic (exact) mass is 509 g/mol. The normalized spacial score (nSPS) is 15.4. The Kier molecular flexibility index (Phi) is 6.37. The molecule has 1 fully saturated rings. The number of fused-ring (bicyclic) bond motifs is 1. The van der Waals surface area contributed by atoms with Gasteiger partial charge in [0.05, 0.1) is 23.2 Å². The quantitative estimate of drug-likeness (QED) is 0.409. The second-order valence-corrected chi connectivity index (χ2v) is 10.6. The minimum Gasteiger partial charge on any atom is -0.493 e. The van der Waals surface area contributed by atoms with E-state index in [0.717, 1.165) is 5.56 Å². The van der Waals surface area contributed by atoms with Crippen molar-refractivity contribution in [3.05, 3.63) is 64.7 Å². The Labute approximate surface area is 208 Å². The first-order chi connectivity index (χ1) is 17.3. The molecule has 1 aliphatic rings. The average Bonchev–Trinajstić information content (AvgIpc) is 3.22. The number of hydrogen-bond acceptors (Lipinski definition) is 7. The molecule has 0 unspecified atom stereocenters. The zero-order valence-corrected chi connectivity index (χ0v) is 20.8. The molecule has 11 heteroatoms. The molecule has 0 bridgehead atoms. The van der Waals surface area contributed by atoms with E-state index in [4.69, 9.17) is 4.74 Å². The van der Waals surface area contributed by atoms with Gasteiger partial charge in [0.15, 0.2) is 11.3 Å². The highest BCUT2D eigenvalue weighted by atomic mass is 32.2. The van der Waals surface area contributed by atoms with Crippen LogP contribution in [-0.4, -0.2) is 63.2 Å². The topological polar surface area (TPSA) is 130 Å². The summed E-state index contributed by atoms with van der Waals surface area (Å²) in [7, 11) is -3.77. The van der Waals surface area contributed by atoms with Crippen LogP contribution >= 0.6 is 0 Å². The highest BCUT2D eigenvalue weighted by Crippen LogP contribution is 2.32. The molecular formula is C25H27N5O5S. The van der Waals surface area contributed by atoms with Crippen LogP contribution < -0.4 is 10.3 Å². The van der Waals surface area contributed by atoms with Crippen LogP contribution in [0.4, 0.5) is 0 Å². The standard InChI is InChI=1S/C25H27N5O5S/c1-3-35-21-15-19(36(33,34)29-13-11-18(31)12-14-29)9-10-20(21)24-27-25(32)23-22(17-7-5-4-6-8-17)26-16(2)30(23)28-24/h4-10,15,18,31H,3,11-14H2,1-2H3,(H,27,28,32). The number of rotatable bonds is 6. The largest absolute Gasteiger partial charge is 0.493 e. The van der Waals surface area contributed by atoms with E-state index in [1.54, 1.807) is 19.9 Å². The van der Waals surface area contributed by atoms with Gasteiger partial charge in [-0.2, -0.15) is 4.31 Å². The Hall–Kier alpha value is -3.54. The van der Waals surface area contributed by atoms with Gasteiger partial charge in [-0.05, 0) is 38.8 Å². The van der Waals surface area contributed by atoms with E-state index < -0.39 is 16.1 Å². The number of nitrogens with zero attached hydrogens (tertiary/aromatic N) is 4. The molecule has 0 radical (unpaired) electrons. The Morgan fingerprint density at radius 1 is 1.14 bits per heavy atom. The Morgan fingerprint density at radius 3 is 2.56 bits per heavy atom. The summed E-state index contributed by atoms with van der Waals surface area (Å²) in [5.41, 5.74) is 1.75. The number of piperidine rings is 1. The zero-order chi connectivity index (χ0) is 25.4. The van der Waals surface area contributed by atoms with Crippen LogP contribution in [0, 0.1) is 6.92 Å². The first kappa shape index (κ1) is 24.2. The van der Waals surface area contributed by atoms with Crippen molar-refractivity contribution < 1.29 is 18.3 Å². The molecule has 2 N–H and O–H groups in total. The van der Waals surface area contributed by atoms with Crippen molar-refractivity contribution in [3.63, 3.8) is 0 Å². The van der Waals surface area contributed by atoms with Crippen LogP contribution in [0.3, 0.4) is 0 Å². The SMILES string of the molecule is CCOc1cc(S(=O)(=O)N2CCC(O)CC2)ccc1-c1nn2c(C)nc(-c3ccccc3)c2c(=O)[nH]1. The number of aliphatic hydroxyl groups is 1. The molecule has 1 saturated heterocycles. The minimum absolute atomic E-state index is 0.0830. The van der Waals surface area contributed by atoms with Gasteiger partial charge in [-0.25, -0.2) is 17.9 Å². The van der Waals surface area contributed by atoms with E-state index in [1.165, 1.54) is 21.0 Å². The summed E-state index contributed by atoms with van der Waals surface area (Å²) in [6, 6.07) is 13.9. The van der Waals surface area contributed by atoms with Crippen LogP contribution in [0.2, 0.25) is 0 Å². The van der Waals surface area contributed by atoms with Crippen LogP contribution in [-0.2, 0) is 10.0 Å². The first-order valence-electron chi connectivity index (χ1n) is 11.8. The van der Waals surface area contributed by atoms with Gasteiger partial charge in [-0.15, -0.1) is 5.10 Å². The lowest BCUT2D eigenvalue weighted by molar-refractivity contribution is 0.113. The van der Waals surface area contributed by atoms with E-state index in [9.17, 15) is 18.3 Å². The molecule has 0 spiro atoms. The number of hydrogen-bond donors (Lipinski definition) is 2. The van der Waals surface area contributed by atoms with Gasteiger partial charge < -0.3 is 14.8 Å². The van der Waals surface area contributed by atoms with Crippen molar-refractivity contribution in [3.8, 4) is 28.4 Å². The fourth-order valence-corrected chi connectivity index (χ4v) is 5.91. The maximum atomic E-state index is 13.2. The van der Waals surface area contributed by atoms with Gasteiger partial charge in [-0.1, -0.05) is 30.3 Å². The maximum Gasteiger partial charge on any atom is 0.277 e. The summed E-state index contributed by atoms with van der Waals surface area (Å²) in [5.74, 6) is 1.07. The lowest BCUT2D eigenvalue weighted by Gasteiger charge is -2.28. The number of sulfonamides is 1. The van der Waals surface area contributed by atoms with E-state index in [-0.39, 0.29) is 29.4 Å². The molecule has 3 heterocycles. The number of aromatic nitrogens is 4. The number of imidazole rings is 1. The third kappa shape index (κ3) is 4.29. The number of benzene rings is 2. The molecule has 5 rings (SSSR count). The summed E-state index contributed by atoms with van der Waals surface area (Å²) in [5, 5.41) is 14.4. The zero-order valence-electron chi connectivity index (χ0n) is 20.0. The Morgan fingerprint density at radius 2 is 1.86 bits per heavy atom.